The summed E-state index contributed by atoms with van der Waals surface area (Å²) in [5.74, 6) is 0.689. The molecular weight excluding hydrogens is 446 g/mol. The van der Waals surface area contributed by atoms with Gasteiger partial charge in [0.05, 0.1) is 10.6 Å². The van der Waals surface area contributed by atoms with Gasteiger partial charge in [-0.3, -0.25) is 4.79 Å². The molecule has 6 nitrogen and oxygen atoms in total. The summed E-state index contributed by atoms with van der Waals surface area (Å²) in [7, 11) is -3.85. The predicted octanol–water partition coefficient (Wildman–Crippen LogP) is 5.23. The Morgan fingerprint density at radius 1 is 1.00 bits per heavy atom. The Morgan fingerprint density at radius 3 is 2.44 bits per heavy atom. The fraction of sp³-hybridized carbons (Fsp3) is 0.407. The van der Waals surface area contributed by atoms with Crippen LogP contribution in [0.3, 0.4) is 0 Å². The molecule has 3 aromatic rings. The van der Waals surface area contributed by atoms with Crippen LogP contribution in [-0.4, -0.2) is 28.6 Å². The lowest BCUT2D eigenvalue weighted by molar-refractivity contribution is -0.118. The molecule has 0 atom stereocenters. The van der Waals surface area contributed by atoms with E-state index in [1.165, 1.54) is 12.8 Å². The molecule has 0 saturated heterocycles. The molecule has 34 heavy (non-hydrogen) atoms. The highest BCUT2D eigenvalue weighted by Crippen LogP contribution is 2.42. The number of carbonyl (C=O) groups is 1. The van der Waals surface area contributed by atoms with Crippen molar-refractivity contribution in [2.45, 2.75) is 75.0 Å². The van der Waals surface area contributed by atoms with Crippen molar-refractivity contribution in [1.82, 2.24) is 9.55 Å². The van der Waals surface area contributed by atoms with Crippen molar-refractivity contribution in [1.29, 1.82) is 0 Å². The summed E-state index contributed by atoms with van der Waals surface area (Å²) in [5.41, 5.74) is 4.06. The molecule has 0 bridgehead atoms. The van der Waals surface area contributed by atoms with Crippen LogP contribution in [-0.2, 0) is 27.6 Å². The maximum absolute atomic E-state index is 13.8. The first kappa shape index (κ1) is 22.8. The second-order valence-electron chi connectivity index (χ2n) is 9.70. The van der Waals surface area contributed by atoms with E-state index in [4.69, 9.17) is 4.98 Å². The Balaban J connectivity index is 1.41. The largest absolute Gasteiger partial charge is 0.334 e. The summed E-state index contributed by atoms with van der Waals surface area (Å²) >= 11 is 0. The van der Waals surface area contributed by atoms with Crippen molar-refractivity contribution in [2.24, 2.45) is 0 Å². The molecular formula is C27H31N3O3S. The number of nitrogens with one attached hydrogen (secondary N) is 1. The number of nitrogens with zero attached hydrogens (tertiary/aromatic N) is 2. The van der Waals surface area contributed by atoms with Gasteiger partial charge in [0.25, 0.3) is 0 Å². The van der Waals surface area contributed by atoms with E-state index in [1.807, 2.05) is 43.3 Å². The van der Waals surface area contributed by atoms with Crippen molar-refractivity contribution in [3.63, 3.8) is 0 Å². The molecule has 0 unspecified atom stereocenters. The quantitative estimate of drug-likeness (QED) is 0.546. The van der Waals surface area contributed by atoms with Crippen molar-refractivity contribution < 1.29 is 13.2 Å². The van der Waals surface area contributed by atoms with E-state index < -0.39 is 20.5 Å². The molecule has 2 heterocycles. The minimum atomic E-state index is -3.85. The summed E-state index contributed by atoms with van der Waals surface area (Å²) in [5, 5.41) is 2.92. The van der Waals surface area contributed by atoms with Gasteiger partial charge >= 0.3 is 0 Å². The maximum atomic E-state index is 13.8. The van der Waals surface area contributed by atoms with E-state index in [9.17, 15) is 13.2 Å². The minimum Gasteiger partial charge on any atom is -0.334 e. The summed E-state index contributed by atoms with van der Waals surface area (Å²) in [4.78, 5) is 18.6. The molecule has 2 aliphatic rings. The molecule has 1 amide bonds. The average Bonchev–Trinajstić information content (AvgIpc) is 3.49. The average molecular weight is 478 g/mol. The number of amides is 1. The number of benzene rings is 2. The molecule has 1 fully saturated rings. The Bertz CT molecular complexity index is 1310. The summed E-state index contributed by atoms with van der Waals surface area (Å²) < 4.78 is 28.4. The van der Waals surface area contributed by atoms with Crippen molar-refractivity contribution >= 4 is 21.4 Å². The lowest BCUT2D eigenvalue weighted by Crippen LogP contribution is -2.47. The van der Waals surface area contributed by atoms with Crippen LogP contribution >= 0.6 is 0 Å². The number of imidazole rings is 1. The second kappa shape index (κ2) is 8.69. The summed E-state index contributed by atoms with van der Waals surface area (Å²) in [6, 6.07) is 12.9. The van der Waals surface area contributed by atoms with Gasteiger partial charge < -0.3 is 9.88 Å². The Morgan fingerprint density at radius 2 is 1.74 bits per heavy atom. The van der Waals surface area contributed by atoms with Crippen LogP contribution < -0.4 is 5.32 Å². The van der Waals surface area contributed by atoms with Crippen molar-refractivity contribution in [3.8, 4) is 11.3 Å². The van der Waals surface area contributed by atoms with Crippen molar-refractivity contribution in [3.05, 3.63) is 65.6 Å². The third-order valence-corrected chi connectivity index (χ3v) is 9.96. The molecule has 1 aliphatic carbocycles. The molecule has 178 valence electrons. The third-order valence-electron chi connectivity index (χ3n) is 7.32. The smallest absolute Gasteiger partial charge is 0.246 e. The minimum absolute atomic E-state index is 0.267. The van der Waals surface area contributed by atoms with Gasteiger partial charge in [0.15, 0.2) is 14.6 Å². The second-order valence-corrected chi connectivity index (χ2v) is 11.9. The zero-order chi connectivity index (χ0) is 23.9. The van der Waals surface area contributed by atoms with Crippen LogP contribution in [0.5, 0.6) is 0 Å². The molecule has 7 heteroatoms. The standard InChI is InChI=1S/C27H31N3O3S/c1-19-8-9-20(2)24(17-19)34(32,33)27(14-4-5-15-27)26(31)28-22-12-10-21(11-13-22)23-18-30-16-6-3-7-25(30)29-23/h8-13,17-18H,3-7,14-16H2,1-2H3,(H,28,31). The number of anilines is 1. The number of sulfone groups is 1. The lowest BCUT2D eigenvalue weighted by atomic mass is 10.1. The number of aryl methyl sites for hydroxylation is 4. The monoisotopic (exact) mass is 477 g/mol. The van der Waals surface area contributed by atoms with Crippen LogP contribution in [0.15, 0.2) is 53.6 Å². The molecule has 5 rings (SSSR count). The van der Waals surface area contributed by atoms with E-state index in [1.54, 1.807) is 13.0 Å². The van der Waals surface area contributed by atoms with Crippen LogP contribution in [0.1, 0.15) is 55.5 Å². The molecule has 0 spiro atoms. The van der Waals surface area contributed by atoms with E-state index in [0.717, 1.165) is 48.5 Å². The van der Waals surface area contributed by atoms with Crippen LogP contribution in [0.2, 0.25) is 0 Å². The fourth-order valence-electron chi connectivity index (χ4n) is 5.29. The molecule has 1 aromatic heterocycles. The number of hydrogen-bond acceptors (Lipinski definition) is 4. The summed E-state index contributed by atoms with van der Waals surface area (Å²) in [6.45, 7) is 4.67. The first-order chi connectivity index (χ1) is 16.3. The molecule has 1 N–H and O–H groups in total. The van der Waals surface area contributed by atoms with Crippen LogP contribution in [0.4, 0.5) is 5.69 Å². The molecule has 1 aliphatic heterocycles. The molecule has 1 saturated carbocycles. The Kier molecular flexibility index (Phi) is 5.84. The van der Waals surface area contributed by atoms with Crippen LogP contribution in [0.25, 0.3) is 11.3 Å². The van der Waals surface area contributed by atoms with Gasteiger partial charge in [0.2, 0.25) is 5.91 Å². The number of fused-ring (bicyclic) bond motifs is 1. The highest BCUT2D eigenvalue weighted by atomic mass is 32.2. The SMILES string of the molecule is Cc1ccc(C)c(S(=O)(=O)C2(C(=O)Nc3ccc(-c4cn5c(n4)CCCC5)cc3)CCCC2)c1. The maximum Gasteiger partial charge on any atom is 0.246 e. The van der Waals surface area contributed by atoms with E-state index >= 15 is 0 Å². The Hall–Kier alpha value is -2.93. The Labute approximate surface area is 201 Å². The number of rotatable bonds is 5. The molecule has 2 aromatic carbocycles. The lowest BCUT2D eigenvalue weighted by Gasteiger charge is -2.28. The van der Waals surface area contributed by atoms with Gasteiger partial charge in [-0.25, -0.2) is 13.4 Å². The van der Waals surface area contributed by atoms with E-state index in [-0.39, 0.29) is 4.90 Å². The van der Waals surface area contributed by atoms with Gasteiger partial charge in [-0.05, 0) is 68.9 Å². The fourth-order valence-corrected chi connectivity index (χ4v) is 7.67. The zero-order valence-electron chi connectivity index (χ0n) is 19.8. The van der Waals surface area contributed by atoms with Gasteiger partial charge in [0, 0.05) is 30.4 Å². The highest BCUT2D eigenvalue weighted by molar-refractivity contribution is 7.93. The first-order valence-electron chi connectivity index (χ1n) is 12.1. The number of aromatic nitrogens is 2. The highest BCUT2D eigenvalue weighted by Gasteiger charge is 2.53. The van der Waals surface area contributed by atoms with Crippen LogP contribution in [0, 0.1) is 13.8 Å². The normalized spacial score (nSPS) is 17.4. The number of carbonyl (C=O) groups excluding carboxylic acids is 1. The number of hydrogen-bond donors (Lipinski definition) is 1. The van der Waals surface area contributed by atoms with Gasteiger partial charge in [-0.15, -0.1) is 0 Å². The van der Waals surface area contributed by atoms with E-state index in [0.29, 0.717) is 24.1 Å². The zero-order valence-corrected chi connectivity index (χ0v) is 20.6. The van der Waals surface area contributed by atoms with Gasteiger partial charge in [0.1, 0.15) is 5.82 Å². The van der Waals surface area contributed by atoms with Gasteiger partial charge in [-0.1, -0.05) is 37.1 Å². The van der Waals surface area contributed by atoms with E-state index in [2.05, 4.69) is 16.1 Å². The van der Waals surface area contributed by atoms with Crippen molar-refractivity contribution in [2.75, 3.05) is 5.32 Å². The first-order valence-corrected chi connectivity index (χ1v) is 13.6. The third kappa shape index (κ3) is 3.86. The van der Waals surface area contributed by atoms with Gasteiger partial charge in [-0.2, -0.15) is 0 Å². The molecule has 0 radical (unpaired) electrons. The topological polar surface area (TPSA) is 81.1 Å². The summed E-state index contributed by atoms with van der Waals surface area (Å²) in [6.07, 6.45) is 7.58. The predicted molar refractivity (Wildman–Crippen MR) is 134 cm³/mol.